The molecule has 0 atom stereocenters. The van der Waals surface area contributed by atoms with Crippen molar-refractivity contribution in [3.05, 3.63) is 36.2 Å². The molecule has 2 aromatic heterocycles. The van der Waals surface area contributed by atoms with Gasteiger partial charge in [0.25, 0.3) is 0 Å². The maximum atomic E-state index is 5.87. The average molecular weight is 337 g/mol. The maximum Gasteiger partial charge on any atom is 0.240 e. The van der Waals surface area contributed by atoms with Gasteiger partial charge in [-0.25, -0.2) is 0 Å². The van der Waals surface area contributed by atoms with Crippen molar-refractivity contribution in [1.29, 1.82) is 0 Å². The molecule has 0 aliphatic heterocycles. The molecule has 128 valence electrons. The molecule has 8 heteroatoms. The van der Waals surface area contributed by atoms with E-state index < -0.39 is 0 Å². The fourth-order valence-electron chi connectivity index (χ4n) is 3.06. The molecule has 2 N–H and O–H groups in total. The zero-order valence-electron chi connectivity index (χ0n) is 14.0. The Balaban J connectivity index is 1.65. The molecular weight excluding hydrogens is 318 g/mol. The van der Waals surface area contributed by atoms with E-state index >= 15 is 0 Å². The summed E-state index contributed by atoms with van der Waals surface area (Å²) in [4.78, 5) is 19.1. The standard InChI is InChI=1S/C17H19N7O/c1-24(12-9-3-2-4-10-12)17-21-13(20-16(18)22-17)14-19-15(25-23-14)11-7-5-6-8-11/h2-4,9-11H,5-8H2,1H3,(H2,18,20,21,22). The number of aromatic nitrogens is 5. The molecule has 1 aliphatic rings. The lowest BCUT2D eigenvalue weighted by atomic mass is 10.1. The fraction of sp³-hybridized carbons (Fsp3) is 0.353. The summed E-state index contributed by atoms with van der Waals surface area (Å²) in [6.45, 7) is 0. The summed E-state index contributed by atoms with van der Waals surface area (Å²) < 4.78 is 5.41. The third-order valence-electron chi connectivity index (χ3n) is 4.43. The Hall–Kier alpha value is -3.03. The lowest BCUT2D eigenvalue weighted by molar-refractivity contribution is 0.354. The van der Waals surface area contributed by atoms with Gasteiger partial charge in [0, 0.05) is 18.7 Å². The second kappa shape index (κ2) is 6.46. The quantitative estimate of drug-likeness (QED) is 0.774. The highest BCUT2D eigenvalue weighted by molar-refractivity contribution is 5.58. The number of rotatable bonds is 4. The van der Waals surface area contributed by atoms with Crippen LogP contribution >= 0.6 is 0 Å². The normalized spacial score (nSPS) is 14.8. The predicted octanol–water partition coefficient (Wildman–Crippen LogP) is 2.93. The van der Waals surface area contributed by atoms with Crippen LogP contribution < -0.4 is 10.6 Å². The minimum absolute atomic E-state index is 0.120. The van der Waals surface area contributed by atoms with Crippen LogP contribution in [0.5, 0.6) is 0 Å². The Morgan fingerprint density at radius 2 is 1.76 bits per heavy atom. The molecule has 1 saturated carbocycles. The largest absolute Gasteiger partial charge is 0.368 e. The highest BCUT2D eigenvalue weighted by atomic mass is 16.5. The number of anilines is 3. The van der Waals surface area contributed by atoms with Crippen molar-refractivity contribution in [1.82, 2.24) is 25.1 Å². The lowest BCUT2D eigenvalue weighted by Gasteiger charge is -2.17. The highest BCUT2D eigenvalue weighted by Crippen LogP contribution is 2.33. The molecule has 0 radical (unpaired) electrons. The first kappa shape index (κ1) is 15.5. The Bertz CT molecular complexity index is 858. The van der Waals surface area contributed by atoms with E-state index in [1.54, 1.807) is 0 Å². The second-order valence-electron chi connectivity index (χ2n) is 6.15. The smallest absolute Gasteiger partial charge is 0.240 e. The molecule has 0 amide bonds. The predicted molar refractivity (Wildman–Crippen MR) is 93.2 cm³/mol. The van der Waals surface area contributed by atoms with Crippen LogP contribution in [0, 0.1) is 0 Å². The van der Waals surface area contributed by atoms with Crippen LogP contribution in [0.1, 0.15) is 37.5 Å². The van der Waals surface area contributed by atoms with Crippen LogP contribution in [0.4, 0.5) is 17.6 Å². The summed E-state index contributed by atoms with van der Waals surface area (Å²) in [5.74, 6) is 2.21. The Kier molecular flexibility index (Phi) is 4.01. The summed E-state index contributed by atoms with van der Waals surface area (Å²) in [6, 6.07) is 9.78. The molecule has 0 spiro atoms. The van der Waals surface area contributed by atoms with Crippen molar-refractivity contribution < 1.29 is 4.52 Å². The highest BCUT2D eigenvalue weighted by Gasteiger charge is 2.24. The van der Waals surface area contributed by atoms with Crippen LogP contribution in [-0.4, -0.2) is 32.1 Å². The molecule has 25 heavy (non-hydrogen) atoms. The molecule has 8 nitrogen and oxygen atoms in total. The van der Waals surface area contributed by atoms with E-state index in [-0.39, 0.29) is 5.95 Å². The van der Waals surface area contributed by atoms with Crippen molar-refractivity contribution in [2.45, 2.75) is 31.6 Å². The van der Waals surface area contributed by atoms with E-state index in [9.17, 15) is 0 Å². The Morgan fingerprint density at radius 1 is 1.00 bits per heavy atom. The van der Waals surface area contributed by atoms with Crippen molar-refractivity contribution in [2.24, 2.45) is 0 Å². The van der Waals surface area contributed by atoms with Gasteiger partial charge in [0.05, 0.1) is 0 Å². The van der Waals surface area contributed by atoms with Crippen LogP contribution in [0.3, 0.4) is 0 Å². The molecule has 3 aromatic rings. The van der Waals surface area contributed by atoms with Gasteiger partial charge in [-0.2, -0.15) is 19.9 Å². The number of nitrogen functional groups attached to an aromatic ring is 1. The second-order valence-corrected chi connectivity index (χ2v) is 6.15. The van der Waals surface area contributed by atoms with Crippen LogP contribution in [0.2, 0.25) is 0 Å². The van der Waals surface area contributed by atoms with Crippen LogP contribution in [-0.2, 0) is 0 Å². The fourth-order valence-corrected chi connectivity index (χ4v) is 3.06. The van der Waals surface area contributed by atoms with E-state index in [0.29, 0.717) is 29.4 Å². The average Bonchev–Trinajstić information content (AvgIpc) is 3.32. The van der Waals surface area contributed by atoms with Gasteiger partial charge in [-0.05, 0) is 25.0 Å². The first-order valence-corrected chi connectivity index (χ1v) is 8.35. The van der Waals surface area contributed by atoms with Gasteiger partial charge in [0.2, 0.25) is 29.4 Å². The number of nitrogens with two attached hydrogens (primary N) is 1. The zero-order valence-corrected chi connectivity index (χ0v) is 14.0. The van der Waals surface area contributed by atoms with Gasteiger partial charge in [0.15, 0.2) is 0 Å². The molecule has 0 saturated heterocycles. The van der Waals surface area contributed by atoms with Crippen molar-refractivity contribution in [3.63, 3.8) is 0 Å². The summed E-state index contributed by atoms with van der Waals surface area (Å²) in [5, 5.41) is 4.03. The van der Waals surface area contributed by atoms with E-state index in [2.05, 4.69) is 25.1 Å². The summed E-state index contributed by atoms with van der Waals surface area (Å²) in [6.07, 6.45) is 4.58. The van der Waals surface area contributed by atoms with Gasteiger partial charge in [-0.1, -0.05) is 36.2 Å². The molecule has 0 unspecified atom stereocenters. The van der Waals surface area contributed by atoms with Gasteiger partial charge < -0.3 is 15.2 Å². The number of benzene rings is 1. The lowest BCUT2D eigenvalue weighted by Crippen LogP contribution is -2.15. The zero-order chi connectivity index (χ0) is 17.2. The molecule has 0 bridgehead atoms. The SMILES string of the molecule is CN(c1ccccc1)c1nc(N)nc(-c2noc(C3CCCC3)n2)n1. The molecule has 1 aromatic carbocycles. The monoisotopic (exact) mass is 337 g/mol. The molecule has 4 rings (SSSR count). The summed E-state index contributed by atoms with van der Waals surface area (Å²) in [5.41, 5.74) is 6.81. The first-order valence-electron chi connectivity index (χ1n) is 8.35. The number of para-hydroxylation sites is 1. The van der Waals surface area contributed by atoms with Gasteiger partial charge in [-0.3, -0.25) is 0 Å². The Labute approximate surface area is 145 Å². The first-order chi connectivity index (χ1) is 12.2. The van der Waals surface area contributed by atoms with Crippen LogP contribution in [0.15, 0.2) is 34.9 Å². The van der Waals surface area contributed by atoms with Crippen LogP contribution in [0.25, 0.3) is 11.6 Å². The topological polar surface area (TPSA) is 107 Å². The van der Waals surface area contributed by atoms with E-state index in [1.165, 1.54) is 12.8 Å². The number of hydrogen-bond donors (Lipinski definition) is 1. The Morgan fingerprint density at radius 3 is 2.52 bits per heavy atom. The van der Waals surface area contributed by atoms with E-state index in [0.717, 1.165) is 18.5 Å². The molecule has 2 heterocycles. The van der Waals surface area contributed by atoms with Gasteiger partial charge in [-0.15, -0.1) is 0 Å². The van der Waals surface area contributed by atoms with Crippen molar-refractivity contribution >= 4 is 17.6 Å². The van der Waals surface area contributed by atoms with Crippen molar-refractivity contribution in [3.8, 4) is 11.6 Å². The number of nitrogens with zero attached hydrogens (tertiary/aromatic N) is 6. The minimum atomic E-state index is 0.120. The van der Waals surface area contributed by atoms with E-state index in [4.69, 9.17) is 10.3 Å². The molecular formula is C17H19N7O. The van der Waals surface area contributed by atoms with Crippen molar-refractivity contribution in [2.75, 3.05) is 17.7 Å². The van der Waals surface area contributed by atoms with E-state index in [1.807, 2.05) is 42.3 Å². The molecule has 1 fully saturated rings. The third-order valence-corrected chi connectivity index (χ3v) is 4.43. The van der Waals surface area contributed by atoms with Gasteiger partial charge in [0.1, 0.15) is 0 Å². The number of hydrogen-bond acceptors (Lipinski definition) is 8. The maximum absolute atomic E-state index is 5.87. The van der Waals surface area contributed by atoms with Gasteiger partial charge >= 0.3 is 0 Å². The summed E-state index contributed by atoms with van der Waals surface area (Å²) >= 11 is 0. The summed E-state index contributed by atoms with van der Waals surface area (Å²) in [7, 11) is 1.87. The third kappa shape index (κ3) is 3.15. The minimum Gasteiger partial charge on any atom is -0.368 e. The molecule has 1 aliphatic carbocycles.